The molecule has 13 nitrogen and oxygen atoms in total. The predicted octanol–water partition coefficient (Wildman–Crippen LogP) is 2.31. The fourth-order valence-electron chi connectivity index (χ4n) is 4.23. The summed E-state index contributed by atoms with van der Waals surface area (Å²) in [6.07, 6.45) is 1.62. The van der Waals surface area contributed by atoms with Gasteiger partial charge in [-0.2, -0.15) is 9.97 Å². The summed E-state index contributed by atoms with van der Waals surface area (Å²) in [5.41, 5.74) is 2.37. The number of hydrogen-bond acceptors (Lipinski definition) is 12. The van der Waals surface area contributed by atoms with Gasteiger partial charge in [0.25, 0.3) is 0 Å². The molecule has 0 aliphatic carbocycles. The Balaban J connectivity index is 1.64. The molecule has 1 aliphatic heterocycles. The van der Waals surface area contributed by atoms with Crippen molar-refractivity contribution >= 4 is 56.0 Å². The first kappa shape index (κ1) is 29.2. The lowest BCUT2D eigenvalue weighted by molar-refractivity contribution is -0.118. The van der Waals surface area contributed by atoms with Crippen molar-refractivity contribution in [1.29, 1.82) is 0 Å². The van der Waals surface area contributed by atoms with Crippen molar-refractivity contribution in [2.45, 2.75) is 45.1 Å². The summed E-state index contributed by atoms with van der Waals surface area (Å²) in [5, 5.41) is 14.9. The van der Waals surface area contributed by atoms with E-state index in [1.54, 1.807) is 26.0 Å². The molecule has 0 fully saturated rings. The summed E-state index contributed by atoms with van der Waals surface area (Å²) in [6.45, 7) is 7.31. The van der Waals surface area contributed by atoms with Gasteiger partial charge in [0.05, 0.1) is 17.2 Å². The highest BCUT2D eigenvalue weighted by molar-refractivity contribution is 7.89. The number of rotatable bonds is 11. The van der Waals surface area contributed by atoms with Crippen LogP contribution in [0.5, 0.6) is 0 Å². The van der Waals surface area contributed by atoms with Crippen molar-refractivity contribution in [2.75, 3.05) is 41.8 Å². The van der Waals surface area contributed by atoms with Gasteiger partial charge in [-0.3, -0.25) is 10.1 Å². The van der Waals surface area contributed by atoms with Crippen LogP contribution in [0, 0.1) is 6.92 Å². The van der Waals surface area contributed by atoms with E-state index in [1.807, 2.05) is 0 Å². The Bertz CT molecular complexity index is 1490. The molecule has 40 heavy (non-hydrogen) atoms. The third-order valence-corrected chi connectivity index (χ3v) is 8.01. The number of ether oxygens (including phenoxy) is 1. The maximum absolute atomic E-state index is 12.3. The molecule has 5 N–H and O–H groups in total. The van der Waals surface area contributed by atoms with Crippen molar-refractivity contribution < 1.29 is 22.7 Å². The van der Waals surface area contributed by atoms with Gasteiger partial charge in [0.1, 0.15) is 16.5 Å². The molecule has 4 rings (SSSR count). The van der Waals surface area contributed by atoms with E-state index in [2.05, 4.69) is 25.8 Å². The molecule has 1 aromatic carbocycles. The van der Waals surface area contributed by atoms with Crippen LogP contribution < -0.4 is 26.0 Å². The molecular formula is C25H32N8O5S2. The van der Waals surface area contributed by atoms with Gasteiger partial charge < -0.3 is 20.3 Å². The lowest BCUT2D eigenvalue weighted by Gasteiger charge is -2.31. The molecule has 0 unspecified atom stereocenters. The van der Waals surface area contributed by atoms with Gasteiger partial charge in [-0.05, 0) is 44.4 Å². The van der Waals surface area contributed by atoms with Crippen LogP contribution in [0.4, 0.5) is 22.7 Å². The summed E-state index contributed by atoms with van der Waals surface area (Å²) >= 11 is 1.16. The summed E-state index contributed by atoms with van der Waals surface area (Å²) in [4.78, 5) is 40.1. The Kier molecular flexibility index (Phi) is 9.17. The number of benzene rings is 1. The second-order valence-electron chi connectivity index (χ2n) is 9.10. The van der Waals surface area contributed by atoms with Crippen molar-refractivity contribution in [1.82, 2.24) is 20.3 Å². The zero-order valence-electron chi connectivity index (χ0n) is 22.5. The van der Waals surface area contributed by atoms with E-state index in [-0.39, 0.29) is 17.4 Å². The Hall–Kier alpha value is -3.82. The van der Waals surface area contributed by atoms with Crippen LogP contribution >= 0.6 is 11.3 Å². The molecule has 15 heteroatoms. The number of hydrogen-bond donors (Lipinski definition) is 4. The monoisotopic (exact) mass is 588 g/mol. The van der Waals surface area contributed by atoms with E-state index >= 15 is 0 Å². The number of nitrogens with one attached hydrogen (secondary N) is 3. The van der Waals surface area contributed by atoms with Gasteiger partial charge in [0.2, 0.25) is 21.9 Å². The smallest absolute Gasteiger partial charge is 0.350 e. The maximum atomic E-state index is 12.3. The number of amides is 1. The van der Waals surface area contributed by atoms with Crippen LogP contribution in [0.2, 0.25) is 0 Å². The first-order valence-electron chi connectivity index (χ1n) is 12.7. The van der Waals surface area contributed by atoms with Crippen LogP contribution in [-0.2, 0) is 32.5 Å². The van der Waals surface area contributed by atoms with Crippen molar-refractivity contribution in [3.63, 3.8) is 0 Å². The number of anilines is 4. The molecule has 0 saturated heterocycles. The lowest BCUT2D eigenvalue weighted by Crippen LogP contribution is -2.32. The zero-order chi connectivity index (χ0) is 28.9. The highest BCUT2D eigenvalue weighted by Gasteiger charge is 2.25. The van der Waals surface area contributed by atoms with Crippen LogP contribution in [0.25, 0.3) is 0 Å². The third kappa shape index (κ3) is 7.22. The largest absolute Gasteiger partial charge is 0.462 e. The van der Waals surface area contributed by atoms with Gasteiger partial charge in [-0.1, -0.05) is 23.5 Å². The molecule has 0 spiro atoms. The molecule has 214 valence electrons. The summed E-state index contributed by atoms with van der Waals surface area (Å²) in [6, 6.07) is 6.44. The van der Waals surface area contributed by atoms with Crippen LogP contribution in [0.3, 0.4) is 0 Å². The number of nitrogens with zero attached hydrogens (tertiary/aromatic N) is 4. The number of nitrogens with two attached hydrogens (primary N) is 1. The van der Waals surface area contributed by atoms with Crippen molar-refractivity contribution in [3.8, 4) is 0 Å². The molecule has 1 aliphatic rings. The second kappa shape index (κ2) is 12.6. The predicted molar refractivity (Wildman–Crippen MR) is 152 cm³/mol. The molecule has 1 amide bonds. The van der Waals surface area contributed by atoms with Gasteiger partial charge in [0.15, 0.2) is 5.13 Å². The number of aryl methyl sites for hydroxylation is 1. The second-order valence-corrected chi connectivity index (χ2v) is 11.7. The highest BCUT2D eigenvalue weighted by atomic mass is 32.2. The molecule has 0 atom stereocenters. The van der Waals surface area contributed by atoms with Gasteiger partial charge in [-0.15, -0.1) is 0 Å². The van der Waals surface area contributed by atoms with E-state index < -0.39 is 16.0 Å². The minimum Gasteiger partial charge on any atom is -0.462 e. The molecule has 3 aromatic rings. The number of primary sulfonamides is 1. The van der Waals surface area contributed by atoms with Gasteiger partial charge in [0, 0.05) is 38.7 Å². The van der Waals surface area contributed by atoms with Gasteiger partial charge in [-0.25, -0.2) is 23.3 Å². The number of carbonyl (C=O) groups excluding carboxylic acids is 2. The Morgan fingerprint density at radius 2 is 1.90 bits per heavy atom. The number of esters is 1. The number of carbonyl (C=O) groups is 2. The fraction of sp³-hybridized carbons (Fsp3) is 0.400. The maximum Gasteiger partial charge on any atom is 0.350 e. The molecule has 2 aromatic heterocycles. The average molecular weight is 589 g/mol. The van der Waals surface area contributed by atoms with E-state index in [9.17, 15) is 18.0 Å². The number of fused-ring (bicyclic) bond motifs is 1. The SMILES string of the molecule is CCOC(=O)c1sc(Nc2nc(NCCNC(C)=O)c3c(n2)N(Cc2ccc(S(N)(=O)=O)cc2)CCC3)nc1C. The average Bonchev–Trinajstić information content (AvgIpc) is 3.26. The van der Waals surface area contributed by atoms with Crippen LogP contribution in [-0.4, -0.2) is 61.5 Å². The Labute approximate surface area is 236 Å². The normalized spacial score (nSPS) is 12.9. The first-order chi connectivity index (χ1) is 19.0. The molecule has 0 saturated carbocycles. The quantitative estimate of drug-likeness (QED) is 0.191. The first-order valence-corrected chi connectivity index (χ1v) is 15.1. The minimum absolute atomic E-state index is 0.0516. The summed E-state index contributed by atoms with van der Waals surface area (Å²) in [5.74, 6) is 1.09. The van der Waals surface area contributed by atoms with E-state index in [0.717, 1.165) is 47.7 Å². The molecule has 0 radical (unpaired) electrons. The van der Waals surface area contributed by atoms with E-state index in [4.69, 9.17) is 19.8 Å². The van der Waals surface area contributed by atoms with Crippen molar-refractivity contribution in [2.24, 2.45) is 5.14 Å². The van der Waals surface area contributed by atoms with E-state index in [0.29, 0.717) is 47.1 Å². The summed E-state index contributed by atoms with van der Waals surface area (Å²) < 4.78 is 28.4. The minimum atomic E-state index is -3.78. The number of sulfonamides is 1. The fourth-order valence-corrected chi connectivity index (χ4v) is 5.60. The van der Waals surface area contributed by atoms with Crippen molar-refractivity contribution in [3.05, 3.63) is 46.0 Å². The standard InChI is InChI=1S/C25H32N8O5S2/c1-4-38-23(35)20-15(2)29-25(39-20)32-24-30-21(28-12-11-27-16(3)34)19-6-5-13-33(22(19)31-24)14-17-7-9-18(10-8-17)40(26,36)37/h7-10H,4-6,11-14H2,1-3H3,(H,27,34)(H2,26,36,37)(H2,28,29,30,31,32). The Morgan fingerprint density at radius 1 is 1.15 bits per heavy atom. The van der Waals surface area contributed by atoms with E-state index in [1.165, 1.54) is 19.1 Å². The highest BCUT2D eigenvalue weighted by Crippen LogP contribution is 2.34. The number of aromatic nitrogens is 3. The number of thiazole rings is 1. The van der Waals surface area contributed by atoms with Gasteiger partial charge >= 0.3 is 5.97 Å². The third-order valence-electron chi connectivity index (χ3n) is 6.03. The van der Waals surface area contributed by atoms with Crippen LogP contribution in [0.1, 0.15) is 46.8 Å². The zero-order valence-corrected chi connectivity index (χ0v) is 24.1. The lowest BCUT2D eigenvalue weighted by atomic mass is 10.0. The Morgan fingerprint density at radius 3 is 2.58 bits per heavy atom. The topological polar surface area (TPSA) is 182 Å². The molecule has 3 heterocycles. The summed E-state index contributed by atoms with van der Waals surface area (Å²) in [7, 11) is -3.78. The molecule has 0 bridgehead atoms. The van der Waals surface area contributed by atoms with Crippen LogP contribution in [0.15, 0.2) is 29.2 Å². The molecular weight excluding hydrogens is 556 g/mol.